The lowest BCUT2D eigenvalue weighted by Gasteiger charge is -2.27. The van der Waals surface area contributed by atoms with E-state index in [-0.39, 0.29) is 10.8 Å². The zero-order valence-corrected chi connectivity index (χ0v) is 15.2. The van der Waals surface area contributed by atoms with Crippen LogP contribution in [0.4, 0.5) is 0 Å². The lowest BCUT2D eigenvalue weighted by molar-refractivity contribution is 0.0302. The van der Waals surface area contributed by atoms with Crippen molar-refractivity contribution in [2.24, 2.45) is 0 Å². The first-order chi connectivity index (χ1) is 11.5. The number of sulfonamides is 1. The van der Waals surface area contributed by atoms with Gasteiger partial charge in [-0.05, 0) is 31.0 Å². The quantitative estimate of drug-likeness (QED) is 0.751. The molecule has 0 radical (unpaired) electrons. The van der Waals surface area contributed by atoms with Gasteiger partial charge in [-0.3, -0.25) is 4.79 Å². The molecule has 0 saturated carbocycles. The minimum Gasteiger partial charge on any atom is -0.378 e. The van der Waals surface area contributed by atoms with Crippen LogP contribution >= 0.6 is 0 Å². The fraction of sp³-hybridized carbons (Fsp3) is 0.588. The SMILES string of the molecule is CCCN(CCC)S(=O)(=O)c1cccc(C(=O)N2CCOCC2)c1. The Balaban J connectivity index is 2.26. The van der Waals surface area contributed by atoms with Crippen molar-refractivity contribution in [1.82, 2.24) is 9.21 Å². The number of ether oxygens (including phenoxy) is 1. The maximum Gasteiger partial charge on any atom is 0.254 e. The zero-order chi connectivity index (χ0) is 17.6. The Morgan fingerprint density at radius 2 is 1.79 bits per heavy atom. The second-order valence-corrected chi connectivity index (χ2v) is 7.77. The molecular formula is C17H26N2O4S. The number of rotatable bonds is 7. The van der Waals surface area contributed by atoms with Crippen LogP contribution in [0.15, 0.2) is 29.2 Å². The van der Waals surface area contributed by atoms with Gasteiger partial charge in [0.15, 0.2) is 0 Å². The van der Waals surface area contributed by atoms with E-state index in [2.05, 4.69) is 0 Å². The molecule has 0 bridgehead atoms. The largest absolute Gasteiger partial charge is 0.378 e. The third-order valence-electron chi connectivity index (χ3n) is 3.96. The van der Waals surface area contributed by atoms with Gasteiger partial charge in [-0.1, -0.05) is 19.9 Å². The molecule has 1 aliphatic heterocycles. The molecule has 0 spiro atoms. The van der Waals surface area contributed by atoms with Gasteiger partial charge in [0.1, 0.15) is 0 Å². The second kappa shape index (κ2) is 8.60. The van der Waals surface area contributed by atoms with E-state index in [1.165, 1.54) is 10.4 Å². The molecule has 1 saturated heterocycles. The minimum atomic E-state index is -3.57. The topological polar surface area (TPSA) is 66.9 Å². The van der Waals surface area contributed by atoms with E-state index < -0.39 is 10.0 Å². The maximum absolute atomic E-state index is 12.8. The van der Waals surface area contributed by atoms with Crippen LogP contribution in [0.5, 0.6) is 0 Å². The number of hydrogen-bond acceptors (Lipinski definition) is 4. The molecular weight excluding hydrogens is 328 g/mol. The molecule has 1 aliphatic rings. The van der Waals surface area contributed by atoms with Crippen molar-refractivity contribution in [3.63, 3.8) is 0 Å². The van der Waals surface area contributed by atoms with Crippen LogP contribution in [-0.2, 0) is 14.8 Å². The fourth-order valence-electron chi connectivity index (χ4n) is 2.74. The molecule has 1 fully saturated rings. The molecule has 0 N–H and O–H groups in total. The van der Waals surface area contributed by atoms with Gasteiger partial charge in [0.05, 0.1) is 18.1 Å². The van der Waals surface area contributed by atoms with Crippen molar-refractivity contribution in [3.8, 4) is 0 Å². The van der Waals surface area contributed by atoms with E-state index in [1.54, 1.807) is 23.1 Å². The molecule has 1 amide bonds. The molecule has 0 unspecified atom stereocenters. The number of carbonyl (C=O) groups excluding carboxylic acids is 1. The van der Waals surface area contributed by atoms with E-state index in [1.807, 2.05) is 13.8 Å². The van der Waals surface area contributed by atoms with Crippen LogP contribution in [0.3, 0.4) is 0 Å². The number of carbonyl (C=O) groups is 1. The molecule has 24 heavy (non-hydrogen) atoms. The fourth-order valence-corrected chi connectivity index (χ4v) is 4.41. The van der Waals surface area contributed by atoms with Gasteiger partial charge in [-0.15, -0.1) is 0 Å². The first kappa shape index (κ1) is 18.9. The normalized spacial score (nSPS) is 15.7. The smallest absolute Gasteiger partial charge is 0.254 e. The average molecular weight is 354 g/mol. The Bertz CT molecular complexity index is 648. The van der Waals surface area contributed by atoms with Crippen LogP contribution in [-0.4, -0.2) is 62.9 Å². The van der Waals surface area contributed by atoms with Gasteiger partial charge < -0.3 is 9.64 Å². The predicted molar refractivity (Wildman–Crippen MR) is 92.5 cm³/mol. The summed E-state index contributed by atoms with van der Waals surface area (Å²) in [5.74, 6) is -0.145. The second-order valence-electron chi connectivity index (χ2n) is 5.84. The molecule has 1 heterocycles. The molecule has 6 nitrogen and oxygen atoms in total. The van der Waals surface area contributed by atoms with E-state index in [4.69, 9.17) is 4.74 Å². The summed E-state index contributed by atoms with van der Waals surface area (Å²) >= 11 is 0. The third-order valence-corrected chi connectivity index (χ3v) is 5.86. The summed E-state index contributed by atoms with van der Waals surface area (Å²) < 4.78 is 32.4. The minimum absolute atomic E-state index is 0.145. The summed E-state index contributed by atoms with van der Waals surface area (Å²) in [5, 5.41) is 0. The molecule has 0 aliphatic carbocycles. The maximum atomic E-state index is 12.8. The average Bonchev–Trinajstić information content (AvgIpc) is 2.61. The summed E-state index contributed by atoms with van der Waals surface area (Å²) in [5.41, 5.74) is 0.408. The monoisotopic (exact) mass is 354 g/mol. The van der Waals surface area contributed by atoms with Crippen LogP contribution in [0, 0.1) is 0 Å². The summed E-state index contributed by atoms with van der Waals surface area (Å²) in [6, 6.07) is 6.35. The lowest BCUT2D eigenvalue weighted by atomic mass is 10.2. The molecule has 0 aromatic heterocycles. The van der Waals surface area contributed by atoms with Crippen molar-refractivity contribution in [1.29, 1.82) is 0 Å². The van der Waals surface area contributed by atoms with Gasteiger partial charge in [-0.2, -0.15) is 4.31 Å². The highest BCUT2D eigenvalue weighted by Gasteiger charge is 2.25. The van der Waals surface area contributed by atoms with Crippen molar-refractivity contribution in [2.75, 3.05) is 39.4 Å². The van der Waals surface area contributed by atoms with Crippen molar-refractivity contribution < 1.29 is 17.9 Å². The van der Waals surface area contributed by atoms with Crippen molar-refractivity contribution in [3.05, 3.63) is 29.8 Å². The highest BCUT2D eigenvalue weighted by atomic mass is 32.2. The van der Waals surface area contributed by atoms with E-state index >= 15 is 0 Å². The third kappa shape index (κ3) is 4.34. The Kier molecular flexibility index (Phi) is 6.77. The summed E-state index contributed by atoms with van der Waals surface area (Å²) in [6.07, 6.45) is 1.51. The van der Waals surface area contributed by atoms with E-state index in [9.17, 15) is 13.2 Å². The van der Waals surface area contributed by atoms with Crippen LogP contribution < -0.4 is 0 Å². The van der Waals surface area contributed by atoms with Gasteiger partial charge in [0.2, 0.25) is 10.0 Å². The number of benzene rings is 1. The van der Waals surface area contributed by atoms with E-state index in [0.29, 0.717) is 45.0 Å². The van der Waals surface area contributed by atoms with Gasteiger partial charge in [0.25, 0.3) is 5.91 Å². The number of amides is 1. The number of morpholine rings is 1. The lowest BCUT2D eigenvalue weighted by Crippen LogP contribution is -2.40. The number of nitrogens with zero attached hydrogens (tertiary/aromatic N) is 2. The Morgan fingerprint density at radius 3 is 2.38 bits per heavy atom. The first-order valence-electron chi connectivity index (χ1n) is 8.48. The van der Waals surface area contributed by atoms with Gasteiger partial charge in [-0.25, -0.2) is 8.42 Å². The van der Waals surface area contributed by atoms with Crippen LogP contribution in [0.2, 0.25) is 0 Å². The standard InChI is InChI=1S/C17H26N2O4S/c1-3-8-19(9-4-2)24(21,22)16-7-5-6-15(14-16)17(20)18-10-12-23-13-11-18/h5-7,14H,3-4,8-13H2,1-2H3. The molecule has 0 atom stereocenters. The highest BCUT2D eigenvalue weighted by Crippen LogP contribution is 2.19. The molecule has 2 rings (SSSR count). The molecule has 1 aromatic carbocycles. The molecule has 7 heteroatoms. The van der Waals surface area contributed by atoms with Gasteiger partial charge >= 0.3 is 0 Å². The summed E-state index contributed by atoms with van der Waals surface area (Å²) in [4.78, 5) is 14.4. The van der Waals surface area contributed by atoms with Crippen LogP contribution in [0.1, 0.15) is 37.0 Å². The van der Waals surface area contributed by atoms with E-state index in [0.717, 1.165) is 12.8 Å². The Hall–Kier alpha value is -1.44. The van der Waals surface area contributed by atoms with Crippen molar-refractivity contribution in [2.45, 2.75) is 31.6 Å². The predicted octanol–water partition coefficient (Wildman–Crippen LogP) is 1.97. The van der Waals surface area contributed by atoms with Gasteiger partial charge in [0, 0.05) is 31.7 Å². The summed E-state index contributed by atoms with van der Waals surface area (Å²) in [7, 11) is -3.57. The zero-order valence-electron chi connectivity index (χ0n) is 14.4. The highest BCUT2D eigenvalue weighted by molar-refractivity contribution is 7.89. The van der Waals surface area contributed by atoms with Crippen LogP contribution in [0.25, 0.3) is 0 Å². The Labute approximate surface area is 144 Å². The number of hydrogen-bond donors (Lipinski definition) is 0. The summed E-state index contributed by atoms with van der Waals surface area (Å²) in [6.45, 7) is 6.99. The Morgan fingerprint density at radius 1 is 1.17 bits per heavy atom. The van der Waals surface area contributed by atoms with Crippen molar-refractivity contribution >= 4 is 15.9 Å². The first-order valence-corrected chi connectivity index (χ1v) is 9.92. The molecule has 1 aromatic rings. The molecule has 134 valence electrons.